The van der Waals surface area contributed by atoms with Gasteiger partial charge in [-0.15, -0.1) is 0 Å². The summed E-state index contributed by atoms with van der Waals surface area (Å²) < 4.78 is 15.7. The molecular formula is C20H17NO4. The van der Waals surface area contributed by atoms with Crippen molar-refractivity contribution in [2.24, 2.45) is 4.99 Å². The predicted octanol–water partition coefficient (Wildman–Crippen LogP) is 3.60. The van der Waals surface area contributed by atoms with E-state index in [0.717, 1.165) is 5.56 Å². The van der Waals surface area contributed by atoms with Crippen LogP contribution in [0.1, 0.15) is 11.1 Å². The van der Waals surface area contributed by atoms with Gasteiger partial charge in [0.1, 0.15) is 11.5 Å². The lowest BCUT2D eigenvalue weighted by molar-refractivity contribution is -0.130. The van der Waals surface area contributed by atoms with Gasteiger partial charge >= 0.3 is 5.97 Å². The van der Waals surface area contributed by atoms with Gasteiger partial charge in [-0.05, 0) is 23.8 Å². The summed E-state index contributed by atoms with van der Waals surface area (Å²) in [4.78, 5) is 16.3. The molecule has 1 aliphatic rings. The molecule has 25 heavy (non-hydrogen) atoms. The van der Waals surface area contributed by atoms with Gasteiger partial charge in [0, 0.05) is 11.6 Å². The number of benzene rings is 2. The Bertz CT molecular complexity index is 844. The Hall–Kier alpha value is -3.34. The van der Waals surface area contributed by atoms with Crippen LogP contribution in [0.4, 0.5) is 0 Å². The topological polar surface area (TPSA) is 57.1 Å². The minimum atomic E-state index is -0.491. The molecule has 0 amide bonds. The Morgan fingerprint density at radius 2 is 1.68 bits per heavy atom. The van der Waals surface area contributed by atoms with Gasteiger partial charge in [0.2, 0.25) is 5.90 Å². The third-order valence-corrected chi connectivity index (χ3v) is 3.56. The summed E-state index contributed by atoms with van der Waals surface area (Å²) in [7, 11) is 3.11. The van der Waals surface area contributed by atoms with Gasteiger partial charge in [0.15, 0.2) is 5.70 Å². The third-order valence-electron chi connectivity index (χ3n) is 3.56. The molecule has 0 atom stereocenters. The van der Waals surface area contributed by atoms with E-state index < -0.39 is 5.97 Å². The summed E-state index contributed by atoms with van der Waals surface area (Å²) in [5.41, 5.74) is 1.89. The molecule has 0 radical (unpaired) electrons. The van der Waals surface area contributed by atoms with E-state index in [-0.39, 0.29) is 11.6 Å². The maximum Gasteiger partial charge on any atom is 0.363 e. The van der Waals surface area contributed by atoms with Crippen LogP contribution in [0, 0.1) is 0 Å². The Morgan fingerprint density at radius 3 is 2.32 bits per heavy atom. The third kappa shape index (κ3) is 3.95. The number of hydrogen-bond acceptors (Lipinski definition) is 5. The molecule has 0 saturated carbocycles. The van der Waals surface area contributed by atoms with Crippen LogP contribution in [0.3, 0.4) is 0 Å². The highest BCUT2D eigenvalue weighted by Gasteiger charge is 2.24. The molecule has 126 valence electrons. The lowest BCUT2D eigenvalue weighted by Gasteiger charge is -2.07. The second kappa shape index (κ2) is 7.49. The molecule has 0 bridgehead atoms. The van der Waals surface area contributed by atoms with Crippen molar-refractivity contribution in [1.29, 1.82) is 0 Å². The average Bonchev–Trinajstić information content (AvgIpc) is 3.03. The number of hydrogen-bond donors (Lipinski definition) is 0. The van der Waals surface area contributed by atoms with Gasteiger partial charge in [0.25, 0.3) is 0 Å². The van der Waals surface area contributed by atoms with Gasteiger partial charge in [-0.25, -0.2) is 9.79 Å². The van der Waals surface area contributed by atoms with E-state index in [9.17, 15) is 4.79 Å². The van der Waals surface area contributed by atoms with Gasteiger partial charge < -0.3 is 14.2 Å². The second-order valence-electron chi connectivity index (χ2n) is 5.23. The molecule has 0 saturated heterocycles. The first-order chi connectivity index (χ1) is 12.2. The van der Waals surface area contributed by atoms with Crippen molar-refractivity contribution in [3.8, 4) is 11.5 Å². The van der Waals surface area contributed by atoms with E-state index in [1.54, 1.807) is 44.6 Å². The van der Waals surface area contributed by atoms with Crippen LogP contribution in [0.2, 0.25) is 0 Å². The molecule has 0 fully saturated rings. The number of nitrogens with zero attached hydrogens (tertiary/aromatic N) is 1. The van der Waals surface area contributed by atoms with Crippen molar-refractivity contribution >= 4 is 17.9 Å². The van der Waals surface area contributed by atoms with Crippen LogP contribution in [0.15, 0.2) is 71.4 Å². The van der Waals surface area contributed by atoms with Crippen LogP contribution < -0.4 is 9.47 Å². The number of aliphatic imine (C=N–C) groups is 1. The standard InChI is InChI=1S/C20H17NO4/c1-23-16-11-15(12-17(13-16)24-2)19-21-18(20(22)25-19)10-6-9-14-7-4-3-5-8-14/h3-13H,1-2H3/b9-6+,18-10-. The number of carbonyl (C=O) groups is 1. The van der Waals surface area contributed by atoms with Crippen LogP contribution in [-0.4, -0.2) is 26.1 Å². The quantitative estimate of drug-likeness (QED) is 0.619. The summed E-state index contributed by atoms with van der Waals surface area (Å²) >= 11 is 0. The number of cyclic esters (lactones) is 1. The normalized spacial score (nSPS) is 15.4. The van der Waals surface area contributed by atoms with E-state index in [1.807, 2.05) is 36.4 Å². The number of methoxy groups -OCH3 is 2. The zero-order valence-corrected chi connectivity index (χ0v) is 13.9. The summed E-state index contributed by atoms with van der Waals surface area (Å²) in [5, 5.41) is 0. The fraction of sp³-hybridized carbons (Fsp3) is 0.100. The molecule has 1 heterocycles. The Balaban J connectivity index is 1.85. The summed E-state index contributed by atoms with van der Waals surface area (Å²) in [6.07, 6.45) is 5.28. The fourth-order valence-corrected chi connectivity index (χ4v) is 2.29. The van der Waals surface area contributed by atoms with Crippen molar-refractivity contribution in [1.82, 2.24) is 0 Å². The van der Waals surface area contributed by atoms with Crippen LogP contribution in [-0.2, 0) is 9.53 Å². The van der Waals surface area contributed by atoms with Gasteiger partial charge in [-0.1, -0.05) is 42.5 Å². The van der Waals surface area contributed by atoms with Crippen molar-refractivity contribution in [3.63, 3.8) is 0 Å². The smallest absolute Gasteiger partial charge is 0.363 e. The summed E-state index contributed by atoms with van der Waals surface area (Å²) in [6.45, 7) is 0. The molecule has 2 aromatic carbocycles. The largest absolute Gasteiger partial charge is 0.497 e. The van der Waals surface area contributed by atoms with Crippen LogP contribution in [0.5, 0.6) is 11.5 Å². The zero-order valence-electron chi connectivity index (χ0n) is 13.9. The predicted molar refractivity (Wildman–Crippen MR) is 95.7 cm³/mol. The van der Waals surface area contributed by atoms with Gasteiger partial charge in [-0.3, -0.25) is 0 Å². The number of allylic oxidation sites excluding steroid dienone is 2. The number of rotatable bonds is 5. The van der Waals surface area contributed by atoms with E-state index in [0.29, 0.717) is 17.1 Å². The first-order valence-corrected chi connectivity index (χ1v) is 7.67. The molecule has 3 rings (SSSR count). The lowest BCUT2D eigenvalue weighted by atomic mass is 10.2. The van der Waals surface area contributed by atoms with E-state index >= 15 is 0 Å². The maximum atomic E-state index is 12.0. The molecule has 0 N–H and O–H groups in total. The van der Waals surface area contributed by atoms with E-state index in [2.05, 4.69) is 4.99 Å². The molecule has 0 spiro atoms. The minimum absolute atomic E-state index is 0.224. The first kappa shape index (κ1) is 16.5. The zero-order chi connectivity index (χ0) is 17.6. The molecule has 0 unspecified atom stereocenters. The first-order valence-electron chi connectivity index (χ1n) is 7.67. The number of ether oxygens (including phenoxy) is 3. The maximum absolute atomic E-state index is 12.0. The number of esters is 1. The Kier molecular flexibility index (Phi) is 4.95. The van der Waals surface area contributed by atoms with Crippen molar-refractivity contribution in [2.45, 2.75) is 0 Å². The van der Waals surface area contributed by atoms with Crippen LogP contribution in [0.25, 0.3) is 6.08 Å². The SMILES string of the molecule is COc1cc(OC)cc(C2=N/C(=C\C=C\c3ccccc3)C(=O)O2)c1. The monoisotopic (exact) mass is 335 g/mol. The number of carbonyl (C=O) groups excluding carboxylic acids is 1. The highest BCUT2D eigenvalue weighted by atomic mass is 16.6. The van der Waals surface area contributed by atoms with Gasteiger partial charge in [0.05, 0.1) is 14.2 Å². The lowest BCUT2D eigenvalue weighted by Crippen LogP contribution is -2.06. The molecule has 5 heteroatoms. The van der Waals surface area contributed by atoms with E-state index in [1.165, 1.54) is 0 Å². The van der Waals surface area contributed by atoms with Gasteiger partial charge in [-0.2, -0.15) is 0 Å². The molecular weight excluding hydrogens is 318 g/mol. The summed E-state index contributed by atoms with van der Waals surface area (Å²) in [6, 6.07) is 15.0. The molecule has 2 aromatic rings. The van der Waals surface area contributed by atoms with E-state index in [4.69, 9.17) is 14.2 Å². The second-order valence-corrected chi connectivity index (χ2v) is 5.23. The Labute approximate surface area is 145 Å². The fourth-order valence-electron chi connectivity index (χ4n) is 2.29. The Morgan fingerprint density at radius 1 is 1.00 bits per heavy atom. The highest BCUT2D eigenvalue weighted by Crippen LogP contribution is 2.25. The van der Waals surface area contributed by atoms with Crippen molar-refractivity contribution in [2.75, 3.05) is 14.2 Å². The van der Waals surface area contributed by atoms with Crippen LogP contribution >= 0.6 is 0 Å². The average molecular weight is 335 g/mol. The summed E-state index contributed by atoms with van der Waals surface area (Å²) in [5.74, 6) is 0.917. The highest BCUT2D eigenvalue weighted by molar-refractivity contribution is 6.11. The molecule has 0 aromatic heterocycles. The molecule has 0 aliphatic carbocycles. The minimum Gasteiger partial charge on any atom is -0.497 e. The molecule has 5 nitrogen and oxygen atoms in total. The van der Waals surface area contributed by atoms with Crippen molar-refractivity contribution < 1.29 is 19.0 Å². The molecule has 1 aliphatic heterocycles. The van der Waals surface area contributed by atoms with Crippen molar-refractivity contribution in [3.05, 3.63) is 77.5 Å².